The molecule has 1 saturated heterocycles. The first-order valence-electron chi connectivity index (χ1n) is 7.29. The van der Waals surface area contributed by atoms with Gasteiger partial charge < -0.3 is 14.6 Å². The molecule has 2 unspecified atom stereocenters. The van der Waals surface area contributed by atoms with Crippen LogP contribution < -0.4 is 4.74 Å². The van der Waals surface area contributed by atoms with Gasteiger partial charge in [0.05, 0.1) is 12.7 Å². The SMILES string of the molecule is OC(CC1CCOCC1)C1COc2ccccc2C1. The molecule has 2 atom stereocenters. The van der Waals surface area contributed by atoms with Crippen molar-refractivity contribution in [2.75, 3.05) is 19.8 Å². The van der Waals surface area contributed by atoms with Gasteiger partial charge in [-0.15, -0.1) is 0 Å². The topological polar surface area (TPSA) is 38.7 Å². The summed E-state index contributed by atoms with van der Waals surface area (Å²) in [6.07, 6.45) is 3.74. The van der Waals surface area contributed by atoms with Crippen LogP contribution in [0.3, 0.4) is 0 Å². The van der Waals surface area contributed by atoms with Crippen LogP contribution in [0.1, 0.15) is 24.8 Å². The van der Waals surface area contributed by atoms with E-state index in [0.29, 0.717) is 12.5 Å². The van der Waals surface area contributed by atoms with Crippen LogP contribution in [0, 0.1) is 11.8 Å². The van der Waals surface area contributed by atoms with Crippen molar-refractivity contribution in [3.05, 3.63) is 29.8 Å². The van der Waals surface area contributed by atoms with Gasteiger partial charge in [0.25, 0.3) is 0 Å². The summed E-state index contributed by atoms with van der Waals surface area (Å²) < 4.78 is 11.1. The molecule has 1 N–H and O–H groups in total. The number of aliphatic hydroxyl groups excluding tert-OH is 1. The molecular weight excluding hydrogens is 240 g/mol. The molecule has 0 amide bonds. The monoisotopic (exact) mass is 262 g/mol. The molecule has 0 bridgehead atoms. The molecule has 0 aromatic heterocycles. The molecule has 0 spiro atoms. The summed E-state index contributed by atoms with van der Waals surface area (Å²) in [5.41, 5.74) is 1.23. The highest BCUT2D eigenvalue weighted by atomic mass is 16.5. The van der Waals surface area contributed by atoms with Crippen molar-refractivity contribution >= 4 is 0 Å². The molecular formula is C16H22O3. The molecule has 3 heteroatoms. The Morgan fingerprint density at radius 1 is 1.21 bits per heavy atom. The summed E-state index contributed by atoms with van der Waals surface area (Å²) in [6.45, 7) is 2.34. The zero-order valence-electron chi connectivity index (χ0n) is 11.3. The predicted octanol–water partition coefficient (Wildman–Crippen LogP) is 2.42. The van der Waals surface area contributed by atoms with E-state index in [2.05, 4.69) is 6.07 Å². The molecule has 1 aromatic rings. The van der Waals surface area contributed by atoms with Crippen molar-refractivity contribution < 1.29 is 14.6 Å². The van der Waals surface area contributed by atoms with E-state index < -0.39 is 0 Å². The van der Waals surface area contributed by atoms with Gasteiger partial charge >= 0.3 is 0 Å². The highest BCUT2D eigenvalue weighted by Gasteiger charge is 2.28. The van der Waals surface area contributed by atoms with Gasteiger partial charge in [0.15, 0.2) is 0 Å². The lowest BCUT2D eigenvalue weighted by molar-refractivity contribution is 0.0140. The number of ether oxygens (including phenoxy) is 2. The van der Waals surface area contributed by atoms with Gasteiger partial charge in [-0.2, -0.15) is 0 Å². The molecule has 1 aromatic carbocycles. The number of para-hydroxylation sites is 1. The second-order valence-corrected chi connectivity index (χ2v) is 5.74. The third-order valence-electron chi connectivity index (χ3n) is 4.37. The largest absolute Gasteiger partial charge is 0.493 e. The predicted molar refractivity (Wildman–Crippen MR) is 73.3 cm³/mol. The molecule has 0 saturated carbocycles. The van der Waals surface area contributed by atoms with Crippen LogP contribution in [0.25, 0.3) is 0 Å². The Kier molecular flexibility index (Phi) is 4.04. The first kappa shape index (κ1) is 12.9. The normalized spacial score (nSPS) is 25.4. The molecule has 3 nitrogen and oxygen atoms in total. The average molecular weight is 262 g/mol. The van der Waals surface area contributed by atoms with Crippen LogP contribution in [0.4, 0.5) is 0 Å². The lowest BCUT2D eigenvalue weighted by Gasteiger charge is -2.31. The molecule has 0 radical (unpaired) electrons. The average Bonchev–Trinajstić information content (AvgIpc) is 2.48. The first-order valence-corrected chi connectivity index (χ1v) is 7.29. The van der Waals surface area contributed by atoms with Crippen molar-refractivity contribution in [1.82, 2.24) is 0 Å². The summed E-state index contributed by atoms with van der Waals surface area (Å²) in [5.74, 6) is 1.83. The van der Waals surface area contributed by atoms with Crippen molar-refractivity contribution in [3.8, 4) is 5.75 Å². The Morgan fingerprint density at radius 2 is 2.00 bits per heavy atom. The van der Waals surface area contributed by atoms with Crippen LogP contribution in [0.5, 0.6) is 5.75 Å². The van der Waals surface area contributed by atoms with Gasteiger partial charge in [-0.3, -0.25) is 0 Å². The Bertz CT molecular complexity index is 412. The number of hydrogen-bond donors (Lipinski definition) is 1. The first-order chi connectivity index (χ1) is 9.33. The zero-order valence-corrected chi connectivity index (χ0v) is 11.3. The fourth-order valence-corrected chi connectivity index (χ4v) is 3.11. The van der Waals surface area contributed by atoms with Crippen LogP contribution >= 0.6 is 0 Å². The maximum atomic E-state index is 10.4. The van der Waals surface area contributed by atoms with Crippen molar-refractivity contribution in [2.45, 2.75) is 31.8 Å². The summed E-state index contributed by atoms with van der Waals surface area (Å²) >= 11 is 0. The zero-order chi connectivity index (χ0) is 13.1. The maximum Gasteiger partial charge on any atom is 0.122 e. The van der Waals surface area contributed by atoms with Crippen molar-refractivity contribution in [3.63, 3.8) is 0 Å². The quantitative estimate of drug-likeness (QED) is 0.909. The fourth-order valence-electron chi connectivity index (χ4n) is 3.11. The minimum atomic E-state index is -0.253. The second-order valence-electron chi connectivity index (χ2n) is 5.74. The number of aliphatic hydroxyl groups is 1. The lowest BCUT2D eigenvalue weighted by atomic mass is 9.85. The minimum absolute atomic E-state index is 0.234. The van der Waals surface area contributed by atoms with Crippen LogP contribution in [-0.4, -0.2) is 31.0 Å². The summed E-state index contributed by atoms with van der Waals surface area (Å²) in [6, 6.07) is 8.14. The van der Waals surface area contributed by atoms with E-state index >= 15 is 0 Å². The number of benzene rings is 1. The third kappa shape index (κ3) is 3.10. The molecule has 104 valence electrons. The number of fused-ring (bicyclic) bond motifs is 1. The smallest absolute Gasteiger partial charge is 0.122 e. The standard InChI is InChI=1S/C16H22O3/c17-15(9-12-5-7-18-8-6-12)14-10-13-3-1-2-4-16(13)19-11-14/h1-4,12,14-15,17H,5-11H2. The summed E-state index contributed by atoms with van der Waals surface area (Å²) in [7, 11) is 0. The van der Waals surface area contributed by atoms with Crippen LogP contribution in [0.15, 0.2) is 24.3 Å². The Morgan fingerprint density at radius 3 is 2.84 bits per heavy atom. The van der Waals surface area contributed by atoms with E-state index in [1.807, 2.05) is 18.2 Å². The molecule has 2 aliphatic rings. The molecule has 3 rings (SSSR count). The Labute approximate surface area is 114 Å². The second kappa shape index (κ2) is 5.93. The number of rotatable bonds is 3. The van der Waals surface area contributed by atoms with Gasteiger partial charge in [-0.05, 0) is 43.2 Å². The van der Waals surface area contributed by atoms with E-state index in [4.69, 9.17) is 9.47 Å². The Balaban J connectivity index is 1.58. The fraction of sp³-hybridized carbons (Fsp3) is 0.625. The van der Waals surface area contributed by atoms with Crippen LogP contribution in [-0.2, 0) is 11.2 Å². The molecule has 0 aliphatic carbocycles. The van der Waals surface area contributed by atoms with Gasteiger partial charge in [0.2, 0.25) is 0 Å². The maximum absolute atomic E-state index is 10.4. The van der Waals surface area contributed by atoms with Gasteiger partial charge in [0.1, 0.15) is 5.75 Å². The van der Waals surface area contributed by atoms with Gasteiger partial charge in [-0.25, -0.2) is 0 Å². The molecule has 2 heterocycles. The van der Waals surface area contributed by atoms with Crippen molar-refractivity contribution in [2.24, 2.45) is 11.8 Å². The minimum Gasteiger partial charge on any atom is -0.493 e. The summed E-state index contributed by atoms with van der Waals surface area (Å²) in [4.78, 5) is 0. The van der Waals surface area contributed by atoms with Gasteiger partial charge in [-0.1, -0.05) is 18.2 Å². The van der Waals surface area contributed by atoms with E-state index in [0.717, 1.165) is 44.6 Å². The highest BCUT2D eigenvalue weighted by Crippen LogP contribution is 2.31. The van der Waals surface area contributed by atoms with E-state index in [9.17, 15) is 5.11 Å². The van der Waals surface area contributed by atoms with E-state index in [1.165, 1.54) is 5.56 Å². The Hall–Kier alpha value is -1.06. The molecule has 19 heavy (non-hydrogen) atoms. The molecule has 2 aliphatic heterocycles. The third-order valence-corrected chi connectivity index (χ3v) is 4.37. The lowest BCUT2D eigenvalue weighted by Crippen LogP contribution is -2.34. The van der Waals surface area contributed by atoms with E-state index in [-0.39, 0.29) is 12.0 Å². The molecule has 1 fully saturated rings. The van der Waals surface area contributed by atoms with Crippen molar-refractivity contribution in [1.29, 1.82) is 0 Å². The highest BCUT2D eigenvalue weighted by molar-refractivity contribution is 5.35. The number of hydrogen-bond acceptors (Lipinski definition) is 3. The van der Waals surface area contributed by atoms with Crippen LogP contribution in [0.2, 0.25) is 0 Å². The van der Waals surface area contributed by atoms with E-state index in [1.54, 1.807) is 0 Å². The summed E-state index contributed by atoms with van der Waals surface area (Å²) in [5, 5.41) is 10.4. The van der Waals surface area contributed by atoms with Gasteiger partial charge in [0, 0.05) is 19.1 Å².